The summed E-state index contributed by atoms with van der Waals surface area (Å²) in [4.78, 5) is 20.5. The van der Waals surface area contributed by atoms with Gasteiger partial charge in [-0.15, -0.1) is 11.3 Å². The molecule has 0 aliphatic heterocycles. The Morgan fingerprint density at radius 1 is 1.62 bits per heavy atom. The topological polar surface area (TPSA) is 78.7 Å². The minimum Gasteiger partial charge on any atom is -0.337 e. The second kappa shape index (κ2) is 5.62. The molecule has 0 radical (unpaired) electrons. The minimum absolute atomic E-state index is 0.126. The fourth-order valence-electron chi connectivity index (χ4n) is 2.21. The zero-order valence-electron chi connectivity index (χ0n) is 11.5. The van der Waals surface area contributed by atoms with Gasteiger partial charge in [0.1, 0.15) is 16.9 Å². The molecule has 0 spiro atoms. The van der Waals surface area contributed by atoms with Gasteiger partial charge < -0.3 is 5.32 Å². The molecule has 108 valence electrons. The van der Waals surface area contributed by atoms with Crippen LogP contribution in [0.25, 0.3) is 10.2 Å². The summed E-state index contributed by atoms with van der Waals surface area (Å²) in [5.74, 6) is 0.423. The summed E-state index contributed by atoms with van der Waals surface area (Å²) in [6.45, 7) is 1.80. The number of carbonyl (C=O) groups excluding carboxylic acids is 1. The molecule has 0 aromatic carbocycles. The van der Waals surface area contributed by atoms with Crippen molar-refractivity contribution >= 4 is 39.2 Å². The summed E-state index contributed by atoms with van der Waals surface area (Å²) < 4.78 is 1.00. The molecule has 1 aliphatic carbocycles. The average molecular weight is 318 g/mol. The van der Waals surface area contributed by atoms with Gasteiger partial charge in [0, 0.05) is 0 Å². The lowest BCUT2D eigenvalue weighted by Crippen LogP contribution is -2.47. The highest BCUT2D eigenvalue weighted by Gasteiger charge is 2.42. The molecule has 1 amide bonds. The van der Waals surface area contributed by atoms with E-state index < -0.39 is 5.54 Å². The maximum Gasteiger partial charge on any atom is 0.231 e. The summed E-state index contributed by atoms with van der Waals surface area (Å²) >= 11 is 2.95. The Bertz CT molecular complexity index is 719. The van der Waals surface area contributed by atoms with Crippen molar-refractivity contribution in [2.24, 2.45) is 5.92 Å². The van der Waals surface area contributed by atoms with Crippen LogP contribution in [-0.4, -0.2) is 27.2 Å². The highest BCUT2D eigenvalue weighted by molar-refractivity contribution is 8.00. The van der Waals surface area contributed by atoms with Crippen molar-refractivity contribution < 1.29 is 4.79 Å². The van der Waals surface area contributed by atoms with Crippen LogP contribution in [0.4, 0.5) is 0 Å². The lowest BCUT2D eigenvalue weighted by Gasteiger charge is -2.22. The first-order valence-electron chi connectivity index (χ1n) is 6.65. The molecule has 1 aliphatic rings. The Morgan fingerprint density at radius 2 is 2.43 bits per heavy atom. The molecule has 21 heavy (non-hydrogen) atoms. The molecule has 1 atom stereocenters. The largest absolute Gasteiger partial charge is 0.337 e. The zero-order chi connectivity index (χ0) is 14.9. The summed E-state index contributed by atoms with van der Waals surface area (Å²) in [7, 11) is 0. The number of rotatable bonds is 5. The Morgan fingerprint density at radius 3 is 3.14 bits per heavy atom. The Hall–Kier alpha value is -1.65. The van der Waals surface area contributed by atoms with E-state index in [1.807, 2.05) is 11.4 Å². The smallest absolute Gasteiger partial charge is 0.231 e. The number of hydrogen-bond acceptors (Lipinski definition) is 6. The van der Waals surface area contributed by atoms with E-state index in [1.165, 1.54) is 18.1 Å². The van der Waals surface area contributed by atoms with Gasteiger partial charge in [-0.1, -0.05) is 11.8 Å². The van der Waals surface area contributed by atoms with E-state index in [9.17, 15) is 10.1 Å². The number of fused-ring (bicyclic) bond motifs is 1. The predicted molar refractivity (Wildman–Crippen MR) is 83.0 cm³/mol. The normalized spacial score (nSPS) is 17.1. The Kier molecular flexibility index (Phi) is 3.83. The van der Waals surface area contributed by atoms with E-state index in [4.69, 9.17) is 0 Å². The fraction of sp³-hybridized carbons (Fsp3) is 0.429. The van der Waals surface area contributed by atoms with Crippen LogP contribution in [0.5, 0.6) is 0 Å². The van der Waals surface area contributed by atoms with E-state index in [-0.39, 0.29) is 11.7 Å². The third kappa shape index (κ3) is 3.01. The Labute approximate surface area is 130 Å². The van der Waals surface area contributed by atoms with Crippen molar-refractivity contribution in [3.8, 4) is 6.07 Å². The molecule has 5 nitrogen and oxygen atoms in total. The molecular weight excluding hydrogens is 304 g/mol. The van der Waals surface area contributed by atoms with Crippen molar-refractivity contribution in [2.75, 3.05) is 5.75 Å². The highest BCUT2D eigenvalue weighted by Crippen LogP contribution is 2.39. The molecule has 1 saturated carbocycles. The molecule has 1 fully saturated rings. The number of nitriles is 1. The molecule has 2 heterocycles. The summed E-state index contributed by atoms with van der Waals surface area (Å²) in [5.41, 5.74) is 0.166. The molecule has 3 rings (SSSR count). The monoisotopic (exact) mass is 318 g/mol. The first-order chi connectivity index (χ1) is 10.1. The average Bonchev–Trinajstić information content (AvgIpc) is 3.23. The van der Waals surface area contributed by atoms with Crippen molar-refractivity contribution in [3.05, 3.63) is 17.8 Å². The minimum atomic E-state index is -0.735. The van der Waals surface area contributed by atoms with Crippen molar-refractivity contribution in [1.82, 2.24) is 15.3 Å². The van der Waals surface area contributed by atoms with Gasteiger partial charge in [-0.2, -0.15) is 5.26 Å². The maximum atomic E-state index is 12.1. The molecular formula is C14H14N4OS2. The number of nitrogens with zero attached hydrogens (tertiary/aromatic N) is 3. The number of amides is 1. The van der Waals surface area contributed by atoms with E-state index in [2.05, 4.69) is 21.4 Å². The highest BCUT2D eigenvalue weighted by atomic mass is 32.2. The molecule has 0 bridgehead atoms. The van der Waals surface area contributed by atoms with Gasteiger partial charge >= 0.3 is 0 Å². The van der Waals surface area contributed by atoms with E-state index in [1.54, 1.807) is 18.3 Å². The molecule has 1 unspecified atom stereocenters. The van der Waals surface area contributed by atoms with E-state index >= 15 is 0 Å². The quantitative estimate of drug-likeness (QED) is 0.677. The van der Waals surface area contributed by atoms with E-state index in [0.29, 0.717) is 5.92 Å². The SMILES string of the molecule is CC(C#N)(NC(=O)CSc1ncnc2ccsc12)C1CC1. The summed E-state index contributed by atoms with van der Waals surface area (Å²) in [5, 5.41) is 14.9. The number of carbonyl (C=O) groups is 1. The van der Waals surface area contributed by atoms with E-state index in [0.717, 1.165) is 28.1 Å². The lowest BCUT2D eigenvalue weighted by atomic mass is 9.98. The molecule has 7 heteroatoms. The summed E-state index contributed by atoms with van der Waals surface area (Å²) in [6, 6.07) is 4.17. The second-order valence-corrected chi connectivity index (χ2v) is 7.12. The van der Waals surface area contributed by atoms with Gasteiger partial charge in [-0.3, -0.25) is 4.79 Å². The number of hydrogen-bond donors (Lipinski definition) is 1. The molecule has 0 saturated heterocycles. The third-order valence-electron chi connectivity index (χ3n) is 3.58. The van der Waals surface area contributed by atoms with Crippen molar-refractivity contribution in [2.45, 2.75) is 30.3 Å². The first-order valence-corrected chi connectivity index (χ1v) is 8.52. The number of thiophene rings is 1. The second-order valence-electron chi connectivity index (χ2n) is 5.24. The van der Waals surface area contributed by atoms with Gasteiger partial charge in [0.25, 0.3) is 0 Å². The number of nitrogens with one attached hydrogen (secondary N) is 1. The van der Waals surface area contributed by atoms with Gasteiger partial charge in [0.15, 0.2) is 0 Å². The van der Waals surface area contributed by atoms with Crippen LogP contribution in [0.3, 0.4) is 0 Å². The van der Waals surface area contributed by atoms with Crippen LogP contribution in [0.2, 0.25) is 0 Å². The first kappa shape index (κ1) is 14.3. The molecule has 2 aromatic rings. The van der Waals surface area contributed by atoms with Crippen LogP contribution in [0, 0.1) is 17.2 Å². The third-order valence-corrected chi connectivity index (χ3v) is 5.60. The predicted octanol–water partition coefficient (Wildman–Crippen LogP) is 2.59. The lowest BCUT2D eigenvalue weighted by molar-refractivity contribution is -0.119. The van der Waals surface area contributed by atoms with Crippen LogP contribution < -0.4 is 5.32 Å². The fourth-order valence-corrected chi connectivity index (χ4v) is 3.96. The number of thioether (sulfide) groups is 1. The van der Waals surface area contributed by atoms with Crippen LogP contribution in [0.15, 0.2) is 22.8 Å². The zero-order valence-corrected chi connectivity index (χ0v) is 13.1. The molecule has 2 aromatic heterocycles. The van der Waals surface area contributed by atoms with Gasteiger partial charge in [-0.05, 0) is 37.1 Å². The maximum absolute atomic E-state index is 12.1. The molecule has 1 N–H and O–H groups in total. The standard InChI is InChI=1S/C14H14N4OS2/c1-14(7-15,9-2-3-9)18-11(19)6-21-13-12-10(4-5-20-12)16-8-17-13/h4-5,8-9H,2-3,6H2,1H3,(H,18,19). The van der Waals surface area contributed by atoms with Crippen molar-refractivity contribution in [1.29, 1.82) is 5.26 Å². The van der Waals surface area contributed by atoms with Gasteiger partial charge in [-0.25, -0.2) is 9.97 Å². The number of aromatic nitrogens is 2. The van der Waals surface area contributed by atoms with Gasteiger partial charge in [0.05, 0.1) is 22.0 Å². The Balaban J connectivity index is 1.64. The summed E-state index contributed by atoms with van der Waals surface area (Å²) in [6.07, 6.45) is 3.54. The van der Waals surface area contributed by atoms with Crippen LogP contribution in [0.1, 0.15) is 19.8 Å². The van der Waals surface area contributed by atoms with Gasteiger partial charge in [0.2, 0.25) is 5.91 Å². The van der Waals surface area contributed by atoms with Crippen molar-refractivity contribution in [3.63, 3.8) is 0 Å². The van der Waals surface area contributed by atoms with Crippen LogP contribution >= 0.6 is 23.1 Å². The van der Waals surface area contributed by atoms with Crippen LogP contribution in [-0.2, 0) is 4.79 Å².